The number of anilines is 2. The first-order chi connectivity index (χ1) is 9.70. The fourth-order valence-electron chi connectivity index (χ4n) is 3.03. The van der Waals surface area contributed by atoms with Gasteiger partial charge in [0, 0.05) is 34.5 Å². The van der Waals surface area contributed by atoms with Crippen molar-refractivity contribution in [2.75, 3.05) is 11.4 Å². The Labute approximate surface area is 128 Å². The summed E-state index contributed by atoms with van der Waals surface area (Å²) in [6.07, 6.45) is 1.15. The highest BCUT2D eigenvalue weighted by Crippen LogP contribution is 2.38. The van der Waals surface area contributed by atoms with E-state index in [0.717, 1.165) is 17.4 Å². The third kappa shape index (κ3) is 2.36. The van der Waals surface area contributed by atoms with Crippen molar-refractivity contribution in [1.82, 2.24) is 0 Å². The molecule has 0 bridgehead atoms. The molecule has 0 fully saturated rings. The molecule has 2 nitrogen and oxygen atoms in total. The van der Waals surface area contributed by atoms with Crippen LogP contribution < -0.4 is 10.6 Å². The van der Waals surface area contributed by atoms with E-state index in [1.54, 1.807) is 0 Å². The first-order valence-corrected chi connectivity index (χ1v) is 7.83. The highest BCUT2D eigenvalue weighted by Gasteiger charge is 2.24. The van der Waals surface area contributed by atoms with Crippen LogP contribution in [0.5, 0.6) is 0 Å². The summed E-state index contributed by atoms with van der Waals surface area (Å²) >= 11 is 3.62. The zero-order valence-corrected chi connectivity index (χ0v) is 13.2. The quantitative estimate of drug-likeness (QED) is 0.892. The molecule has 2 aromatic rings. The molecule has 0 aliphatic carbocycles. The Balaban J connectivity index is 2.13. The number of rotatable bonds is 2. The zero-order chi connectivity index (χ0) is 14.1. The van der Waals surface area contributed by atoms with Crippen molar-refractivity contribution in [3.8, 4) is 0 Å². The van der Waals surface area contributed by atoms with Gasteiger partial charge in [-0.1, -0.05) is 47.1 Å². The molecule has 0 radical (unpaired) electrons. The molecular formula is C17H19BrN2. The van der Waals surface area contributed by atoms with Gasteiger partial charge in [-0.05, 0) is 36.1 Å². The topological polar surface area (TPSA) is 29.3 Å². The number of halogens is 1. The van der Waals surface area contributed by atoms with Gasteiger partial charge in [0.1, 0.15) is 0 Å². The fourth-order valence-corrected chi connectivity index (χ4v) is 3.54. The Kier molecular flexibility index (Phi) is 3.81. The zero-order valence-electron chi connectivity index (χ0n) is 11.6. The molecule has 1 heterocycles. The van der Waals surface area contributed by atoms with Crippen LogP contribution in [0.1, 0.15) is 18.1 Å². The molecule has 1 unspecified atom stereocenters. The standard InChI is InChI=1S/C17H19BrN2/c1-12-9-13-5-2-3-7-16(13)20(11-12)17-8-4-6-15(18)14(17)10-19/h2-8,12H,9-11,19H2,1H3. The third-order valence-electron chi connectivity index (χ3n) is 3.93. The van der Waals surface area contributed by atoms with Gasteiger partial charge in [-0.25, -0.2) is 0 Å². The van der Waals surface area contributed by atoms with E-state index < -0.39 is 0 Å². The summed E-state index contributed by atoms with van der Waals surface area (Å²) in [4.78, 5) is 2.41. The first kappa shape index (κ1) is 13.7. The summed E-state index contributed by atoms with van der Waals surface area (Å²) in [7, 11) is 0. The molecule has 0 saturated heterocycles. The van der Waals surface area contributed by atoms with Crippen molar-refractivity contribution in [1.29, 1.82) is 0 Å². The number of para-hydroxylation sites is 1. The van der Waals surface area contributed by atoms with Crippen LogP contribution in [-0.2, 0) is 13.0 Å². The summed E-state index contributed by atoms with van der Waals surface area (Å²) in [6.45, 7) is 3.90. The van der Waals surface area contributed by atoms with Crippen LogP contribution >= 0.6 is 15.9 Å². The maximum Gasteiger partial charge on any atom is 0.0467 e. The number of hydrogen-bond acceptors (Lipinski definition) is 2. The lowest BCUT2D eigenvalue weighted by Crippen LogP contribution is -2.31. The molecule has 0 spiro atoms. The van der Waals surface area contributed by atoms with Gasteiger partial charge in [-0.3, -0.25) is 0 Å². The van der Waals surface area contributed by atoms with E-state index in [-0.39, 0.29) is 0 Å². The summed E-state index contributed by atoms with van der Waals surface area (Å²) < 4.78 is 1.09. The van der Waals surface area contributed by atoms with Gasteiger partial charge in [-0.15, -0.1) is 0 Å². The summed E-state index contributed by atoms with van der Waals surface area (Å²) in [5.41, 5.74) is 11.1. The van der Waals surface area contributed by atoms with Crippen LogP contribution in [-0.4, -0.2) is 6.54 Å². The molecule has 1 aliphatic rings. The molecule has 104 valence electrons. The van der Waals surface area contributed by atoms with E-state index in [0.29, 0.717) is 12.5 Å². The average molecular weight is 331 g/mol. The van der Waals surface area contributed by atoms with Gasteiger partial charge in [0.15, 0.2) is 0 Å². The number of fused-ring (bicyclic) bond motifs is 1. The highest BCUT2D eigenvalue weighted by molar-refractivity contribution is 9.10. The van der Waals surface area contributed by atoms with E-state index in [2.05, 4.69) is 70.2 Å². The molecule has 1 aliphatic heterocycles. The van der Waals surface area contributed by atoms with Crippen LogP contribution in [0.15, 0.2) is 46.9 Å². The van der Waals surface area contributed by atoms with Gasteiger partial charge in [-0.2, -0.15) is 0 Å². The Morgan fingerprint density at radius 3 is 2.70 bits per heavy atom. The minimum absolute atomic E-state index is 0.545. The Morgan fingerprint density at radius 2 is 1.90 bits per heavy atom. The average Bonchev–Trinajstić information content (AvgIpc) is 2.46. The van der Waals surface area contributed by atoms with Gasteiger partial charge in [0.25, 0.3) is 0 Å². The van der Waals surface area contributed by atoms with Crippen molar-refractivity contribution in [3.05, 3.63) is 58.1 Å². The normalized spacial score (nSPS) is 17.9. The van der Waals surface area contributed by atoms with Gasteiger partial charge < -0.3 is 10.6 Å². The Morgan fingerprint density at radius 1 is 1.15 bits per heavy atom. The second-order valence-corrected chi connectivity index (χ2v) is 6.34. The summed E-state index contributed by atoms with van der Waals surface area (Å²) in [5, 5.41) is 0. The van der Waals surface area contributed by atoms with E-state index in [4.69, 9.17) is 5.73 Å². The van der Waals surface area contributed by atoms with Crippen molar-refractivity contribution < 1.29 is 0 Å². The van der Waals surface area contributed by atoms with Crippen LogP contribution in [0.2, 0.25) is 0 Å². The Hall–Kier alpha value is -1.32. The second kappa shape index (κ2) is 5.58. The lowest BCUT2D eigenvalue weighted by atomic mass is 9.93. The number of benzene rings is 2. The van der Waals surface area contributed by atoms with Crippen LogP contribution in [0.4, 0.5) is 11.4 Å². The lowest BCUT2D eigenvalue weighted by Gasteiger charge is -2.36. The second-order valence-electron chi connectivity index (χ2n) is 5.49. The Bertz CT molecular complexity index is 624. The maximum absolute atomic E-state index is 5.96. The highest BCUT2D eigenvalue weighted by atomic mass is 79.9. The summed E-state index contributed by atoms with van der Waals surface area (Å²) in [5.74, 6) is 0.648. The van der Waals surface area contributed by atoms with Crippen LogP contribution in [0.25, 0.3) is 0 Å². The predicted molar refractivity (Wildman–Crippen MR) is 88.3 cm³/mol. The van der Waals surface area contributed by atoms with E-state index in [1.165, 1.54) is 22.5 Å². The fraction of sp³-hybridized carbons (Fsp3) is 0.294. The number of hydrogen-bond donors (Lipinski definition) is 1. The van der Waals surface area contributed by atoms with E-state index in [9.17, 15) is 0 Å². The molecular weight excluding hydrogens is 312 g/mol. The predicted octanol–water partition coefficient (Wildman–Crippen LogP) is 4.24. The molecule has 0 saturated carbocycles. The summed E-state index contributed by atoms with van der Waals surface area (Å²) in [6, 6.07) is 15.0. The minimum Gasteiger partial charge on any atom is -0.341 e. The third-order valence-corrected chi connectivity index (χ3v) is 4.68. The first-order valence-electron chi connectivity index (χ1n) is 7.03. The van der Waals surface area contributed by atoms with Crippen molar-refractivity contribution in [3.63, 3.8) is 0 Å². The van der Waals surface area contributed by atoms with Crippen molar-refractivity contribution in [2.45, 2.75) is 19.9 Å². The molecule has 2 N–H and O–H groups in total. The molecule has 0 amide bonds. The van der Waals surface area contributed by atoms with E-state index >= 15 is 0 Å². The van der Waals surface area contributed by atoms with Gasteiger partial charge in [0.2, 0.25) is 0 Å². The lowest BCUT2D eigenvalue weighted by molar-refractivity contribution is 0.561. The molecule has 1 atom stereocenters. The van der Waals surface area contributed by atoms with Gasteiger partial charge in [0.05, 0.1) is 0 Å². The number of nitrogens with two attached hydrogens (primary N) is 1. The largest absolute Gasteiger partial charge is 0.341 e. The SMILES string of the molecule is CC1Cc2ccccc2N(c2cccc(Br)c2CN)C1. The minimum atomic E-state index is 0.545. The molecule has 0 aromatic heterocycles. The van der Waals surface area contributed by atoms with Crippen molar-refractivity contribution >= 4 is 27.3 Å². The molecule has 2 aromatic carbocycles. The van der Waals surface area contributed by atoms with E-state index in [1.807, 2.05) is 0 Å². The number of nitrogens with zero attached hydrogens (tertiary/aromatic N) is 1. The maximum atomic E-state index is 5.96. The monoisotopic (exact) mass is 330 g/mol. The molecule has 3 rings (SSSR count). The van der Waals surface area contributed by atoms with Crippen LogP contribution in [0.3, 0.4) is 0 Å². The molecule has 20 heavy (non-hydrogen) atoms. The van der Waals surface area contributed by atoms with Crippen LogP contribution in [0, 0.1) is 5.92 Å². The molecule has 3 heteroatoms. The van der Waals surface area contributed by atoms with Gasteiger partial charge >= 0.3 is 0 Å². The van der Waals surface area contributed by atoms with Crippen molar-refractivity contribution in [2.24, 2.45) is 11.7 Å². The smallest absolute Gasteiger partial charge is 0.0467 e.